The van der Waals surface area contributed by atoms with E-state index in [1.54, 1.807) is 11.9 Å². The average Bonchev–Trinajstić information content (AvgIpc) is 2.84. The summed E-state index contributed by atoms with van der Waals surface area (Å²) in [4.78, 5) is 58.8. The van der Waals surface area contributed by atoms with Gasteiger partial charge in [0.1, 0.15) is 12.1 Å². The Morgan fingerprint density at radius 1 is 0.974 bits per heavy atom. The number of nitrogens with zero attached hydrogens (tertiary/aromatic N) is 4. The van der Waals surface area contributed by atoms with Crippen LogP contribution in [-0.2, 0) is 19.2 Å². The molecule has 0 bridgehead atoms. The molecule has 0 aromatic carbocycles. The maximum Gasteiger partial charge on any atom is 0.326 e. The van der Waals surface area contributed by atoms with E-state index in [1.807, 2.05) is 53.6 Å². The Morgan fingerprint density at radius 3 is 2.08 bits per heavy atom. The largest absolute Gasteiger partial charge is 0.480 e. The Bertz CT molecular complexity index is 842. The van der Waals surface area contributed by atoms with Gasteiger partial charge in [-0.05, 0) is 64.1 Å². The van der Waals surface area contributed by atoms with Crippen LogP contribution >= 0.6 is 0 Å². The number of likely N-dealkylation sites (tertiary alicyclic amines) is 2. The second kappa shape index (κ2) is 13.7. The van der Waals surface area contributed by atoms with Gasteiger partial charge in [0.25, 0.3) is 0 Å². The molecule has 218 valence electrons. The van der Waals surface area contributed by atoms with E-state index in [0.717, 1.165) is 38.6 Å². The van der Waals surface area contributed by atoms with E-state index in [4.69, 9.17) is 0 Å². The molecule has 2 rings (SSSR count). The standard InChI is InChI=1S/C28H51N5O5/c1-19(2)22(17-30(6)18-23(34)33-16-12-10-14-21(33)27(37)38)32(8)26(36)24(28(3,4)5)29-25(35)20-13-9-11-15-31(20)7/h19-22,24H,9-18H2,1-8H3,(H,29,35)(H,37,38)/t20-,21+,22-,24-/m1/s1. The molecule has 0 saturated carbocycles. The molecule has 0 radical (unpaired) electrons. The summed E-state index contributed by atoms with van der Waals surface area (Å²) < 4.78 is 0. The van der Waals surface area contributed by atoms with Gasteiger partial charge in [0.05, 0.1) is 12.6 Å². The minimum absolute atomic E-state index is 0.0858. The lowest BCUT2D eigenvalue weighted by Crippen LogP contribution is -2.60. The number of carboxylic acid groups (broad SMARTS) is 1. The van der Waals surface area contributed by atoms with Crippen molar-refractivity contribution >= 4 is 23.7 Å². The van der Waals surface area contributed by atoms with E-state index < -0.39 is 23.5 Å². The number of amides is 3. The molecular weight excluding hydrogens is 486 g/mol. The monoisotopic (exact) mass is 537 g/mol. The predicted octanol–water partition coefficient (Wildman–Crippen LogP) is 1.88. The summed E-state index contributed by atoms with van der Waals surface area (Å²) in [6, 6.07) is -1.88. The van der Waals surface area contributed by atoms with Gasteiger partial charge in [-0.25, -0.2) is 4.79 Å². The summed E-state index contributed by atoms with van der Waals surface area (Å²) in [6.45, 7) is 11.8. The topological polar surface area (TPSA) is 113 Å². The Labute approximate surface area is 229 Å². The number of carbonyl (C=O) groups excluding carboxylic acids is 3. The van der Waals surface area contributed by atoms with E-state index in [2.05, 4.69) is 10.2 Å². The van der Waals surface area contributed by atoms with Crippen molar-refractivity contribution in [2.45, 2.75) is 97.3 Å². The highest BCUT2D eigenvalue weighted by atomic mass is 16.4. The van der Waals surface area contributed by atoms with Crippen molar-refractivity contribution in [3.63, 3.8) is 0 Å². The van der Waals surface area contributed by atoms with Crippen LogP contribution in [0.15, 0.2) is 0 Å². The Hall–Kier alpha value is -2.20. The summed E-state index contributed by atoms with van der Waals surface area (Å²) >= 11 is 0. The summed E-state index contributed by atoms with van der Waals surface area (Å²) in [6.07, 6.45) is 4.96. The number of carboxylic acids is 1. The normalized spacial score (nSPS) is 22.7. The smallest absolute Gasteiger partial charge is 0.326 e. The molecule has 2 saturated heterocycles. The first-order chi connectivity index (χ1) is 17.6. The number of hydrogen-bond donors (Lipinski definition) is 2. The number of piperidine rings is 2. The lowest BCUT2D eigenvalue weighted by atomic mass is 9.84. The molecule has 2 aliphatic heterocycles. The summed E-state index contributed by atoms with van der Waals surface area (Å²) in [5.74, 6) is -1.31. The highest BCUT2D eigenvalue weighted by Gasteiger charge is 2.40. The molecule has 10 heteroatoms. The zero-order valence-electron chi connectivity index (χ0n) is 24.8. The summed E-state index contributed by atoms with van der Waals surface area (Å²) in [7, 11) is 5.55. The fourth-order valence-corrected chi connectivity index (χ4v) is 5.63. The molecular formula is C28H51N5O5. The minimum atomic E-state index is -0.958. The molecule has 3 amide bonds. The van der Waals surface area contributed by atoms with Crippen molar-refractivity contribution in [2.24, 2.45) is 11.3 Å². The number of hydrogen-bond acceptors (Lipinski definition) is 6. The highest BCUT2D eigenvalue weighted by Crippen LogP contribution is 2.25. The van der Waals surface area contributed by atoms with Gasteiger partial charge in [0.2, 0.25) is 17.7 Å². The molecule has 0 unspecified atom stereocenters. The first-order valence-electron chi connectivity index (χ1n) is 14.1. The van der Waals surface area contributed by atoms with Crippen LogP contribution in [0.2, 0.25) is 0 Å². The molecule has 10 nitrogen and oxygen atoms in total. The first-order valence-corrected chi connectivity index (χ1v) is 14.1. The molecule has 2 heterocycles. The number of nitrogens with one attached hydrogen (secondary N) is 1. The highest BCUT2D eigenvalue weighted by molar-refractivity contribution is 5.90. The van der Waals surface area contributed by atoms with Crippen LogP contribution in [0.5, 0.6) is 0 Å². The van der Waals surface area contributed by atoms with Crippen molar-refractivity contribution in [2.75, 3.05) is 47.3 Å². The van der Waals surface area contributed by atoms with Crippen LogP contribution in [0.4, 0.5) is 0 Å². The van der Waals surface area contributed by atoms with Crippen LogP contribution in [0.1, 0.15) is 73.1 Å². The fraction of sp³-hybridized carbons (Fsp3) is 0.857. The Kier molecular flexibility index (Phi) is 11.6. The maximum atomic E-state index is 13.8. The predicted molar refractivity (Wildman–Crippen MR) is 148 cm³/mol. The Morgan fingerprint density at radius 2 is 1.55 bits per heavy atom. The van der Waals surface area contributed by atoms with E-state index >= 15 is 0 Å². The molecule has 0 spiro atoms. The molecule has 0 aromatic rings. The van der Waals surface area contributed by atoms with Crippen molar-refractivity contribution in [1.82, 2.24) is 24.9 Å². The van der Waals surface area contributed by atoms with Gasteiger partial charge in [0, 0.05) is 26.2 Å². The van der Waals surface area contributed by atoms with E-state index in [0.29, 0.717) is 19.5 Å². The van der Waals surface area contributed by atoms with E-state index in [9.17, 15) is 24.3 Å². The molecule has 2 fully saturated rings. The van der Waals surface area contributed by atoms with Crippen molar-refractivity contribution in [3.05, 3.63) is 0 Å². The van der Waals surface area contributed by atoms with Gasteiger partial charge in [0.15, 0.2) is 0 Å². The third-order valence-electron chi connectivity index (χ3n) is 8.10. The number of likely N-dealkylation sites (N-methyl/N-ethyl adjacent to an activating group) is 3. The SMILES string of the molecule is CC(C)[C@@H](CN(C)CC(=O)N1CCCC[C@H]1C(=O)O)N(C)C(=O)[C@@H](NC(=O)[C@H]1CCCCN1C)C(C)(C)C. The summed E-state index contributed by atoms with van der Waals surface area (Å²) in [5.41, 5.74) is -0.488. The zero-order chi connectivity index (χ0) is 28.8. The number of aliphatic carboxylic acids is 1. The minimum Gasteiger partial charge on any atom is -0.480 e. The molecule has 0 aliphatic carbocycles. The van der Waals surface area contributed by atoms with Crippen molar-refractivity contribution in [1.29, 1.82) is 0 Å². The molecule has 2 N–H and O–H groups in total. The third-order valence-corrected chi connectivity index (χ3v) is 8.10. The van der Waals surface area contributed by atoms with Gasteiger partial charge in [-0.1, -0.05) is 41.0 Å². The van der Waals surface area contributed by atoms with Crippen LogP contribution in [0.3, 0.4) is 0 Å². The van der Waals surface area contributed by atoms with Gasteiger partial charge < -0.3 is 20.2 Å². The molecule has 2 aliphatic rings. The zero-order valence-corrected chi connectivity index (χ0v) is 24.8. The van der Waals surface area contributed by atoms with Gasteiger partial charge in [-0.2, -0.15) is 0 Å². The maximum absolute atomic E-state index is 13.8. The fourth-order valence-electron chi connectivity index (χ4n) is 5.63. The molecule has 38 heavy (non-hydrogen) atoms. The van der Waals surface area contributed by atoms with E-state index in [-0.39, 0.29) is 42.3 Å². The van der Waals surface area contributed by atoms with Crippen molar-refractivity contribution in [3.8, 4) is 0 Å². The van der Waals surface area contributed by atoms with Gasteiger partial charge in [-0.15, -0.1) is 0 Å². The number of rotatable bonds is 10. The number of carbonyl (C=O) groups is 4. The van der Waals surface area contributed by atoms with Crippen LogP contribution < -0.4 is 5.32 Å². The molecule has 4 atom stereocenters. The van der Waals surface area contributed by atoms with Gasteiger partial charge >= 0.3 is 5.97 Å². The Balaban J connectivity index is 2.11. The second-order valence-corrected chi connectivity index (χ2v) is 12.7. The van der Waals surface area contributed by atoms with Crippen LogP contribution in [-0.4, -0.2) is 120 Å². The van der Waals surface area contributed by atoms with E-state index in [1.165, 1.54) is 4.90 Å². The third kappa shape index (κ3) is 8.40. The molecule has 0 aromatic heterocycles. The quantitative estimate of drug-likeness (QED) is 0.437. The first kappa shape index (κ1) is 32.0. The van der Waals surface area contributed by atoms with Crippen molar-refractivity contribution < 1.29 is 24.3 Å². The lowest BCUT2D eigenvalue weighted by molar-refractivity contribution is -0.152. The van der Waals surface area contributed by atoms with Crippen LogP contribution in [0, 0.1) is 11.3 Å². The van der Waals surface area contributed by atoms with Crippen LogP contribution in [0.25, 0.3) is 0 Å². The lowest BCUT2D eigenvalue weighted by Gasteiger charge is -2.41. The average molecular weight is 538 g/mol. The van der Waals surface area contributed by atoms with Gasteiger partial charge in [-0.3, -0.25) is 24.2 Å². The second-order valence-electron chi connectivity index (χ2n) is 12.7. The summed E-state index contributed by atoms with van der Waals surface area (Å²) in [5, 5.41) is 12.6.